The van der Waals surface area contributed by atoms with E-state index >= 15 is 0 Å². The van der Waals surface area contributed by atoms with E-state index < -0.39 is 0 Å². The van der Waals surface area contributed by atoms with E-state index in [0.717, 1.165) is 69.2 Å². The van der Waals surface area contributed by atoms with E-state index in [1.54, 1.807) is 0 Å². The molecule has 51 heavy (non-hydrogen) atoms. The van der Waals surface area contributed by atoms with Crippen LogP contribution in [0.25, 0.3) is 33.4 Å². The fourth-order valence-electron chi connectivity index (χ4n) is 7.62. The summed E-state index contributed by atoms with van der Waals surface area (Å²) in [5.74, 6) is 2.48. The van der Waals surface area contributed by atoms with Crippen molar-refractivity contribution in [1.29, 1.82) is 0 Å². The third kappa shape index (κ3) is 5.98. The summed E-state index contributed by atoms with van der Waals surface area (Å²) < 4.78 is 14.2. The first-order valence-electron chi connectivity index (χ1n) is 17.7. The fraction of sp³-hybridized carbons (Fsp3) is 0.0833. The average molecular weight is 660 g/mol. The smallest absolute Gasteiger partial charge is 0.136 e. The highest BCUT2D eigenvalue weighted by atomic mass is 16.5. The van der Waals surface area contributed by atoms with Crippen LogP contribution in [-0.4, -0.2) is 6.10 Å². The maximum absolute atomic E-state index is 7.14. The Bertz CT molecular complexity index is 2330. The van der Waals surface area contributed by atoms with Gasteiger partial charge in [0.1, 0.15) is 23.4 Å². The second-order valence-electron chi connectivity index (χ2n) is 13.2. The third-order valence-corrected chi connectivity index (χ3v) is 10.0. The van der Waals surface area contributed by atoms with Crippen molar-refractivity contribution in [3.05, 3.63) is 204 Å². The molecule has 0 saturated heterocycles. The molecule has 0 amide bonds. The molecule has 1 heterocycles. The lowest BCUT2D eigenvalue weighted by Gasteiger charge is -2.31. The topological polar surface area (TPSA) is 30.5 Å². The molecule has 6 aromatic rings. The minimum absolute atomic E-state index is 0.000629. The Morgan fingerprint density at radius 1 is 0.510 bits per heavy atom. The predicted octanol–water partition coefficient (Wildman–Crippen LogP) is 12.5. The van der Waals surface area contributed by atoms with Gasteiger partial charge in [-0.3, -0.25) is 0 Å². The molecule has 2 aliphatic carbocycles. The van der Waals surface area contributed by atoms with Crippen molar-refractivity contribution >= 4 is 16.8 Å². The van der Waals surface area contributed by atoms with Gasteiger partial charge in [0.25, 0.3) is 0 Å². The highest BCUT2D eigenvalue weighted by Gasteiger charge is 2.31. The van der Waals surface area contributed by atoms with Crippen LogP contribution >= 0.6 is 0 Å². The maximum Gasteiger partial charge on any atom is 0.136 e. The molecule has 1 N–H and O–H groups in total. The molecule has 3 aliphatic rings. The Morgan fingerprint density at radius 2 is 1.14 bits per heavy atom. The van der Waals surface area contributed by atoms with Crippen LogP contribution in [0.2, 0.25) is 0 Å². The number of anilines is 1. The first-order valence-corrected chi connectivity index (χ1v) is 17.7. The molecule has 0 spiro atoms. The third-order valence-electron chi connectivity index (χ3n) is 10.0. The normalized spacial score (nSPS) is 17.5. The number of nitrogens with one attached hydrogen (secondary N) is 1. The van der Waals surface area contributed by atoms with Crippen molar-refractivity contribution < 1.29 is 9.47 Å². The molecule has 246 valence electrons. The summed E-state index contributed by atoms with van der Waals surface area (Å²) >= 11 is 0. The Hall–Kier alpha value is -6.32. The fourth-order valence-corrected chi connectivity index (χ4v) is 7.62. The van der Waals surface area contributed by atoms with Crippen LogP contribution in [0.5, 0.6) is 17.2 Å². The van der Waals surface area contributed by atoms with Crippen molar-refractivity contribution in [1.82, 2.24) is 0 Å². The zero-order valence-corrected chi connectivity index (χ0v) is 28.2. The van der Waals surface area contributed by atoms with Crippen molar-refractivity contribution in [2.45, 2.75) is 24.9 Å². The zero-order valence-electron chi connectivity index (χ0n) is 28.2. The van der Waals surface area contributed by atoms with Crippen molar-refractivity contribution in [2.24, 2.45) is 0 Å². The van der Waals surface area contributed by atoms with Gasteiger partial charge in [-0.05, 0) is 83.2 Å². The van der Waals surface area contributed by atoms with E-state index in [4.69, 9.17) is 9.47 Å². The van der Waals surface area contributed by atoms with Crippen LogP contribution in [0.4, 0.5) is 5.69 Å². The molecular formula is C48H37NO2. The van der Waals surface area contributed by atoms with Crippen LogP contribution in [-0.2, 0) is 0 Å². The number of fused-ring (bicyclic) bond motifs is 6. The van der Waals surface area contributed by atoms with E-state index in [1.807, 2.05) is 0 Å². The Kier molecular flexibility index (Phi) is 8.15. The van der Waals surface area contributed by atoms with E-state index in [1.165, 1.54) is 22.4 Å². The van der Waals surface area contributed by atoms with Gasteiger partial charge in [0.2, 0.25) is 0 Å². The number of benzene rings is 6. The van der Waals surface area contributed by atoms with Gasteiger partial charge in [0.05, 0.1) is 0 Å². The number of para-hydroxylation sites is 2. The maximum atomic E-state index is 7.14. The van der Waals surface area contributed by atoms with Gasteiger partial charge in [0.15, 0.2) is 0 Å². The van der Waals surface area contributed by atoms with Gasteiger partial charge in [-0.2, -0.15) is 0 Å². The van der Waals surface area contributed by atoms with E-state index in [-0.39, 0.29) is 12.0 Å². The lowest BCUT2D eigenvalue weighted by Crippen LogP contribution is -2.24. The van der Waals surface area contributed by atoms with E-state index in [0.29, 0.717) is 0 Å². The van der Waals surface area contributed by atoms with Crippen molar-refractivity contribution in [3.63, 3.8) is 0 Å². The van der Waals surface area contributed by atoms with Gasteiger partial charge in [-0.1, -0.05) is 140 Å². The zero-order chi connectivity index (χ0) is 34.0. The quantitative estimate of drug-likeness (QED) is 0.200. The highest BCUT2D eigenvalue weighted by molar-refractivity contribution is 5.99. The molecule has 9 rings (SSSR count). The molecule has 6 aromatic carbocycles. The highest BCUT2D eigenvalue weighted by Crippen LogP contribution is 2.51. The van der Waals surface area contributed by atoms with Crippen molar-refractivity contribution in [2.75, 3.05) is 5.32 Å². The number of hydrogen-bond donors (Lipinski definition) is 1. The molecular weight excluding hydrogens is 623 g/mol. The molecule has 2 unspecified atom stereocenters. The predicted molar refractivity (Wildman–Crippen MR) is 210 cm³/mol. The van der Waals surface area contributed by atoms with Crippen LogP contribution in [0, 0.1) is 0 Å². The molecule has 0 bridgehead atoms. The molecule has 0 saturated carbocycles. The van der Waals surface area contributed by atoms with Gasteiger partial charge in [0, 0.05) is 39.6 Å². The first kappa shape index (κ1) is 30.7. The summed E-state index contributed by atoms with van der Waals surface area (Å²) in [4.78, 5) is 0. The summed E-state index contributed by atoms with van der Waals surface area (Å²) in [5.41, 5.74) is 12.5. The molecule has 0 radical (unpaired) electrons. The molecule has 3 nitrogen and oxygen atoms in total. The molecule has 2 atom stereocenters. The number of ether oxygens (including phenoxy) is 2. The van der Waals surface area contributed by atoms with Gasteiger partial charge >= 0.3 is 0 Å². The second kappa shape index (κ2) is 13.5. The lowest BCUT2D eigenvalue weighted by molar-refractivity contribution is 0.230. The van der Waals surface area contributed by atoms with Gasteiger partial charge < -0.3 is 14.8 Å². The summed E-state index contributed by atoms with van der Waals surface area (Å²) in [6.45, 7) is 0. The molecule has 0 fully saturated rings. The summed E-state index contributed by atoms with van der Waals surface area (Å²) in [6.07, 6.45) is 12.5. The van der Waals surface area contributed by atoms with Gasteiger partial charge in [-0.15, -0.1) is 0 Å². The SMILES string of the molecule is C1=CC2Oc3cccc(-c4ccccc4)c3-c3c(cccc3C3=CC(c4ccccc4)=C(Nc4ccccc4)CC3)Oc3ccccc3C2C=C1. The Morgan fingerprint density at radius 3 is 1.94 bits per heavy atom. The molecule has 1 aliphatic heterocycles. The van der Waals surface area contributed by atoms with Crippen LogP contribution in [0.15, 0.2) is 188 Å². The van der Waals surface area contributed by atoms with Crippen molar-refractivity contribution in [3.8, 4) is 39.5 Å². The number of hydrogen-bond acceptors (Lipinski definition) is 3. The van der Waals surface area contributed by atoms with Gasteiger partial charge in [-0.25, -0.2) is 0 Å². The first-order chi connectivity index (χ1) is 25.3. The number of allylic oxidation sites excluding steroid dienone is 6. The van der Waals surface area contributed by atoms with Crippen LogP contribution < -0.4 is 14.8 Å². The summed E-state index contributed by atoms with van der Waals surface area (Å²) in [5, 5.41) is 3.76. The molecule has 0 aromatic heterocycles. The Balaban J connectivity index is 1.30. The average Bonchev–Trinajstić information content (AvgIpc) is 3.19. The van der Waals surface area contributed by atoms with Crippen LogP contribution in [0.3, 0.4) is 0 Å². The standard InChI is InChI=1S/C48H37NO2/c1-4-16-33(17-5-1)37-24-14-28-45-47(37)48-38(25-15-29-46(48)51-44-27-13-11-23-40(44)39-22-10-12-26-43(39)50-45)35-30-31-42(49-36-20-8-3-9-21-36)41(32-35)34-18-6-2-7-19-34/h1-29,32,39,43,49H,30-31H2. The molecule has 3 heteroatoms. The Labute approximate surface area is 299 Å². The van der Waals surface area contributed by atoms with E-state index in [9.17, 15) is 0 Å². The lowest BCUT2D eigenvalue weighted by atomic mass is 9.83. The largest absolute Gasteiger partial charge is 0.485 e. The second-order valence-corrected chi connectivity index (χ2v) is 13.2. The number of rotatable bonds is 5. The summed E-state index contributed by atoms with van der Waals surface area (Å²) in [7, 11) is 0. The van der Waals surface area contributed by atoms with Crippen LogP contribution in [0.1, 0.15) is 35.4 Å². The minimum atomic E-state index is -0.202. The summed E-state index contributed by atoms with van der Waals surface area (Å²) in [6, 6.07) is 53.1. The van der Waals surface area contributed by atoms with E-state index in [2.05, 4.69) is 187 Å². The minimum Gasteiger partial charge on any atom is -0.485 e. The monoisotopic (exact) mass is 659 g/mol.